The van der Waals surface area contributed by atoms with Crippen molar-refractivity contribution in [3.05, 3.63) is 83.9 Å². The third-order valence-corrected chi connectivity index (χ3v) is 9.55. The number of allylic oxidation sites excluding steroid dienone is 3. The first-order chi connectivity index (χ1) is 19.0. The molecule has 4 unspecified atom stereocenters. The molecular formula is C33H46NO5P. The van der Waals surface area contributed by atoms with E-state index in [4.69, 9.17) is 9.05 Å². The third-order valence-electron chi connectivity index (χ3n) is 8.55. The van der Waals surface area contributed by atoms with Gasteiger partial charge in [0.2, 0.25) is 0 Å². The number of rotatable bonds is 15. The molecule has 2 aliphatic carbocycles. The quantitative estimate of drug-likeness (QED) is 0.152. The summed E-state index contributed by atoms with van der Waals surface area (Å²) in [7, 11) is 1.70. The van der Waals surface area contributed by atoms with Gasteiger partial charge in [-0.25, -0.2) is 0 Å². The summed E-state index contributed by atoms with van der Waals surface area (Å²) in [5, 5.41) is 11.1. The number of likely N-dealkylation sites (N-methyl/N-ethyl adjacent to an activating group) is 1. The van der Waals surface area contributed by atoms with E-state index in [0.29, 0.717) is 17.4 Å². The number of unbranched alkanes of at least 4 members (excludes halogenated alkanes) is 3. The summed E-state index contributed by atoms with van der Waals surface area (Å²) in [6.07, 6.45) is 6.79. The first-order valence-corrected chi connectivity index (χ1v) is 16.1. The second kappa shape index (κ2) is 13.3. The zero-order valence-corrected chi connectivity index (χ0v) is 25.3. The van der Waals surface area contributed by atoms with Crippen molar-refractivity contribution in [3.63, 3.8) is 0 Å². The Morgan fingerprint density at radius 1 is 1.00 bits per heavy atom. The molecule has 0 radical (unpaired) electrons. The lowest BCUT2D eigenvalue weighted by Crippen LogP contribution is -2.37. The van der Waals surface area contributed by atoms with E-state index in [2.05, 4.69) is 61.2 Å². The van der Waals surface area contributed by atoms with Gasteiger partial charge in [-0.1, -0.05) is 85.7 Å². The number of aliphatic hydroxyl groups is 1. The van der Waals surface area contributed by atoms with E-state index >= 15 is 0 Å². The molecule has 0 aliphatic heterocycles. The molecule has 0 heterocycles. The van der Waals surface area contributed by atoms with Crippen LogP contribution in [0.25, 0.3) is 11.1 Å². The zero-order valence-electron chi connectivity index (χ0n) is 24.4. The van der Waals surface area contributed by atoms with Gasteiger partial charge in [-0.3, -0.25) is 4.57 Å². The predicted octanol–water partition coefficient (Wildman–Crippen LogP) is 6.47. The van der Waals surface area contributed by atoms with E-state index in [9.17, 15) is 14.6 Å². The molecule has 6 nitrogen and oxygen atoms in total. The molecule has 218 valence electrons. The second-order valence-corrected chi connectivity index (χ2v) is 13.8. The summed E-state index contributed by atoms with van der Waals surface area (Å²) < 4.78 is 22.7. The molecule has 1 fully saturated rings. The summed E-state index contributed by atoms with van der Waals surface area (Å²) in [4.78, 5) is 12.0. The zero-order chi connectivity index (χ0) is 28.8. The van der Waals surface area contributed by atoms with E-state index in [1.807, 2.05) is 27.2 Å². The third kappa shape index (κ3) is 7.42. The maximum atomic E-state index is 12.0. The molecule has 2 aromatic rings. The van der Waals surface area contributed by atoms with Crippen molar-refractivity contribution in [1.29, 1.82) is 0 Å². The van der Waals surface area contributed by atoms with Crippen molar-refractivity contribution in [2.45, 2.75) is 57.5 Å². The lowest BCUT2D eigenvalue weighted by molar-refractivity contribution is -0.870. The van der Waals surface area contributed by atoms with Gasteiger partial charge < -0.3 is 23.5 Å². The van der Waals surface area contributed by atoms with Gasteiger partial charge in [-0.15, -0.1) is 0 Å². The SMILES string of the molecule is C=C(c1ccccc1)C12CCC(O)C1CC(CCCCCCOP(=O)([O-])OCC[N+](C)(C)C)=C2c1ccccc1. The van der Waals surface area contributed by atoms with E-state index < -0.39 is 7.82 Å². The number of phosphoric ester groups is 1. The van der Waals surface area contributed by atoms with Crippen LogP contribution in [0.1, 0.15) is 62.5 Å². The highest BCUT2D eigenvalue weighted by Gasteiger charge is 2.56. The van der Waals surface area contributed by atoms with Gasteiger partial charge in [0.25, 0.3) is 7.82 Å². The Kier molecular flexibility index (Phi) is 10.3. The number of quaternary nitrogens is 1. The molecule has 0 saturated heterocycles. The highest BCUT2D eigenvalue weighted by Crippen LogP contribution is 2.66. The van der Waals surface area contributed by atoms with Gasteiger partial charge in [-0.2, -0.15) is 0 Å². The highest BCUT2D eigenvalue weighted by atomic mass is 31.2. The normalized spacial score (nSPS) is 24.2. The minimum absolute atomic E-state index is 0.122. The van der Waals surface area contributed by atoms with Crippen LogP contribution in [0, 0.1) is 11.3 Å². The average Bonchev–Trinajstić information content (AvgIpc) is 3.42. The maximum absolute atomic E-state index is 12.0. The Balaban J connectivity index is 1.39. The fraction of sp³-hybridized carbons (Fsp3) is 0.515. The Bertz CT molecular complexity index is 1210. The number of aliphatic hydroxyl groups excluding tert-OH is 1. The minimum Gasteiger partial charge on any atom is -0.756 e. The predicted molar refractivity (Wildman–Crippen MR) is 160 cm³/mol. The van der Waals surface area contributed by atoms with Crippen LogP contribution in [0.15, 0.2) is 72.8 Å². The molecule has 0 aromatic heterocycles. The first-order valence-electron chi connectivity index (χ1n) is 14.6. The van der Waals surface area contributed by atoms with Crippen molar-refractivity contribution in [3.8, 4) is 0 Å². The van der Waals surface area contributed by atoms with Gasteiger partial charge in [0.15, 0.2) is 0 Å². The Labute approximate surface area is 240 Å². The number of phosphoric acid groups is 1. The summed E-state index contributed by atoms with van der Waals surface area (Å²) in [5.41, 5.74) is 6.03. The van der Waals surface area contributed by atoms with Crippen LogP contribution < -0.4 is 4.89 Å². The largest absolute Gasteiger partial charge is 0.756 e. The molecule has 2 aliphatic rings. The highest BCUT2D eigenvalue weighted by molar-refractivity contribution is 7.45. The van der Waals surface area contributed by atoms with Crippen LogP contribution >= 0.6 is 7.82 Å². The summed E-state index contributed by atoms with van der Waals surface area (Å²) in [6.45, 7) is 5.51. The van der Waals surface area contributed by atoms with Crippen molar-refractivity contribution in [1.82, 2.24) is 0 Å². The van der Waals surface area contributed by atoms with Crippen molar-refractivity contribution in [2.24, 2.45) is 11.3 Å². The molecule has 1 saturated carbocycles. The Hall–Kier alpha value is -2.05. The summed E-state index contributed by atoms with van der Waals surface area (Å²) in [6, 6.07) is 21.1. The number of hydrogen-bond acceptors (Lipinski definition) is 5. The van der Waals surface area contributed by atoms with Crippen LogP contribution in [0.4, 0.5) is 0 Å². The Morgan fingerprint density at radius 3 is 2.30 bits per heavy atom. The van der Waals surface area contributed by atoms with Crippen LogP contribution in [-0.2, 0) is 13.6 Å². The average molecular weight is 568 g/mol. The molecule has 0 bridgehead atoms. The molecule has 0 spiro atoms. The van der Waals surface area contributed by atoms with Gasteiger partial charge in [0.05, 0.1) is 33.9 Å². The van der Waals surface area contributed by atoms with Gasteiger partial charge in [0.1, 0.15) is 13.2 Å². The molecule has 1 N–H and O–H groups in total. The standard InChI is InChI=1S/C33H46NO5P/c1-26(27-15-10-7-11-16-27)33-21-20-31(35)30(33)25-29(32(33)28-17-12-8-13-18-28)19-9-5-6-14-23-38-40(36,37)39-24-22-34(2,3)4/h7-8,10-13,15-18,30-31,35H,1,5-6,9,14,19-25H2,2-4H3. The van der Waals surface area contributed by atoms with E-state index in [0.717, 1.165) is 56.1 Å². The van der Waals surface area contributed by atoms with Crippen LogP contribution in [0.3, 0.4) is 0 Å². The molecule has 7 heteroatoms. The van der Waals surface area contributed by atoms with Crippen molar-refractivity contribution >= 4 is 19.0 Å². The monoisotopic (exact) mass is 567 g/mol. The van der Waals surface area contributed by atoms with Crippen LogP contribution in [-0.4, -0.2) is 56.6 Å². The summed E-state index contributed by atoms with van der Waals surface area (Å²) in [5.74, 6) is 0.141. The first kappa shape index (κ1) is 30.9. The Morgan fingerprint density at radius 2 is 1.62 bits per heavy atom. The fourth-order valence-corrected chi connectivity index (χ4v) is 7.28. The number of nitrogens with zero attached hydrogens (tertiary/aromatic N) is 1. The van der Waals surface area contributed by atoms with Crippen LogP contribution in [0.5, 0.6) is 0 Å². The molecule has 4 atom stereocenters. The van der Waals surface area contributed by atoms with E-state index in [-0.39, 0.29) is 30.7 Å². The van der Waals surface area contributed by atoms with Gasteiger partial charge >= 0.3 is 0 Å². The van der Waals surface area contributed by atoms with E-state index in [1.165, 1.54) is 16.7 Å². The lowest BCUT2D eigenvalue weighted by atomic mass is 9.66. The number of benzene rings is 2. The molecule has 4 rings (SSSR count). The topological polar surface area (TPSA) is 78.8 Å². The minimum atomic E-state index is -4.25. The number of hydrogen-bond donors (Lipinski definition) is 1. The molecule has 0 amide bonds. The molecular weight excluding hydrogens is 521 g/mol. The van der Waals surface area contributed by atoms with Gasteiger partial charge in [-0.05, 0) is 60.8 Å². The second-order valence-electron chi connectivity index (χ2n) is 12.4. The lowest BCUT2D eigenvalue weighted by Gasteiger charge is -2.37. The number of fused-ring (bicyclic) bond motifs is 1. The van der Waals surface area contributed by atoms with Crippen molar-refractivity contribution in [2.75, 3.05) is 40.9 Å². The van der Waals surface area contributed by atoms with Gasteiger partial charge in [0, 0.05) is 11.3 Å². The summed E-state index contributed by atoms with van der Waals surface area (Å²) >= 11 is 0. The smallest absolute Gasteiger partial charge is 0.268 e. The van der Waals surface area contributed by atoms with Crippen LogP contribution in [0.2, 0.25) is 0 Å². The fourth-order valence-electron chi connectivity index (χ4n) is 6.54. The molecule has 2 aromatic carbocycles. The van der Waals surface area contributed by atoms with E-state index in [1.54, 1.807) is 0 Å². The molecule has 40 heavy (non-hydrogen) atoms. The van der Waals surface area contributed by atoms with Crippen molar-refractivity contribution < 1.29 is 28.1 Å². The maximum Gasteiger partial charge on any atom is 0.268 e.